The average Bonchev–Trinajstić information content (AvgIpc) is 2.36. The highest BCUT2D eigenvalue weighted by molar-refractivity contribution is 5.04. The molecule has 0 aliphatic heterocycles. The molecule has 10 heavy (non-hydrogen) atoms. The van der Waals surface area contributed by atoms with Gasteiger partial charge in [0.2, 0.25) is 0 Å². The van der Waals surface area contributed by atoms with Crippen LogP contribution in [-0.2, 0) is 0 Å². The van der Waals surface area contributed by atoms with Crippen LogP contribution in [0.15, 0.2) is 12.2 Å². The summed E-state index contributed by atoms with van der Waals surface area (Å²) in [5, 5.41) is 0. The molecular weight excluding hydrogens is 120 g/mol. The molecule has 0 aromatic heterocycles. The third-order valence-corrected chi connectivity index (χ3v) is 3.23. The fraction of sp³-hybridized carbons (Fsp3) is 0.800. The summed E-state index contributed by atoms with van der Waals surface area (Å²) in [7, 11) is 0. The van der Waals surface area contributed by atoms with E-state index in [1.807, 2.05) is 0 Å². The lowest BCUT2D eigenvalue weighted by Crippen LogP contribution is -2.21. The Morgan fingerprint density at radius 3 is 3.00 bits per heavy atom. The molecule has 0 bridgehead atoms. The predicted octanol–water partition coefficient (Wildman–Crippen LogP) is 3.00. The Kier molecular flexibility index (Phi) is 1.55. The van der Waals surface area contributed by atoms with Crippen molar-refractivity contribution in [1.82, 2.24) is 0 Å². The summed E-state index contributed by atoms with van der Waals surface area (Å²) >= 11 is 0. The van der Waals surface area contributed by atoms with Crippen LogP contribution in [0.3, 0.4) is 0 Å². The second-order valence-corrected chi connectivity index (χ2v) is 3.91. The van der Waals surface area contributed by atoms with E-state index in [4.69, 9.17) is 0 Å². The molecular formula is C10H16. The first-order valence-electron chi connectivity index (χ1n) is 4.54. The van der Waals surface area contributed by atoms with Gasteiger partial charge in [0.1, 0.15) is 0 Å². The van der Waals surface area contributed by atoms with E-state index in [0.29, 0.717) is 0 Å². The van der Waals surface area contributed by atoms with Crippen LogP contribution in [0.1, 0.15) is 32.6 Å². The number of hydrogen-bond donors (Lipinski definition) is 0. The van der Waals surface area contributed by atoms with Crippen LogP contribution in [0.4, 0.5) is 0 Å². The second-order valence-electron chi connectivity index (χ2n) is 3.91. The van der Waals surface area contributed by atoms with Gasteiger partial charge in [-0.1, -0.05) is 31.9 Å². The number of allylic oxidation sites excluding steroid dienone is 2. The van der Waals surface area contributed by atoms with Crippen molar-refractivity contribution in [3.8, 4) is 0 Å². The molecule has 1 saturated carbocycles. The van der Waals surface area contributed by atoms with Gasteiger partial charge in [0.05, 0.1) is 0 Å². The van der Waals surface area contributed by atoms with Gasteiger partial charge >= 0.3 is 0 Å². The van der Waals surface area contributed by atoms with Crippen molar-refractivity contribution >= 4 is 0 Å². The van der Waals surface area contributed by atoms with Crippen LogP contribution in [0.2, 0.25) is 0 Å². The van der Waals surface area contributed by atoms with Crippen molar-refractivity contribution in [2.24, 2.45) is 17.8 Å². The summed E-state index contributed by atoms with van der Waals surface area (Å²) in [5.74, 6) is 2.95. The van der Waals surface area contributed by atoms with E-state index < -0.39 is 0 Å². The van der Waals surface area contributed by atoms with Gasteiger partial charge in [-0.2, -0.15) is 0 Å². The zero-order valence-corrected chi connectivity index (χ0v) is 6.72. The number of rotatable bonds is 0. The maximum absolute atomic E-state index is 2.45. The first kappa shape index (κ1) is 6.45. The third kappa shape index (κ3) is 0.902. The molecule has 2 aliphatic rings. The largest absolute Gasteiger partial charge is 0.0879 e. The number of fused-ring (bicyclic) bond motifs is 1. The minimum absolute atomic E-state index is 0.953. The fourth-order valence-electron chi connectivity index (χ4n) is 2.58. The molecule has 2 rings (SSSR count). The molecule has 0 aromatic carbocycles. The zero-order valence-electron chi connectivity index (χ0n) is 6.72. The molecule has 1 fully saturated rings. The first-order chi connectivity index (χ1) is 4.88. The van der Waals surface area contributed by atoms with Crippen molar-refractivity contribution in [3.63, 3.8) is 0 Å². The van der Waals surface area contributed by atoms with Gasteiger partial charge in [0.25, 0.3) is 0 Å². The maximum atomic E-state index is 2.45. The Morgan fingerprint density at radius 1 is 1.30 bits per heavy atom. The topological polar surface area (TPSA) is 0 Å². The van der Waals surface area contributed by atoms with Crippen molar-refractivity contribution in [3.05, 3.63) is 12.2 Å². The van der Waals surface area contributed by atoms with Crippen LogP contribution in [0.25, 0.3) is 0 Å². The Bertz CT molecular complexity index is 146. The summed E-state index contributed by atoms with van der Waals surface area (Å²) < 4.78 is 0. The highest BCUT2D eigenvalue weighted by atomic mass is 14.3. The summed E-state index contributed by atoms with van der Waals surface area (Å²) in [5.41, 5.74) is 0. The summed E-state index contributed by atoms with van der Waals surface area (Å²) in [4.78, 5) is 0. The van der Waals surface area contributed by atoms with Crippen LogP contribution < -0.4 is 0 Å². The Labute approximate surface area is 63.3 Å². The van der Waals surface area contributed by atoms with Crippen LogP contribution in [0, 0.1) is 17.8 Å². The lowest BCUT2D eigenvalue weighted by atomic mass is 9.75. The minimum atomic E-state index is 0.953. The second kappa shape index (κ2) is 2.41. The molecule has 0 heteroatoms. The van der Waals surface area contributed by atoms with Crippen LogP contribution in [-0.4, -0.2) is 0 Å². The van der Waals surface area contributed by atoms with E-state index in [1.165, 1.54) is 25.7 Å². The lowest BCUT2D eigenvalue weighted by molar-refractivity contribution is 0.224. The van der Waals surface area contributed by atoms with E-state index in [0.717, 1.165) is 17.8 Å². The molecule has 3 unspecified atom stereocenters. The van der Waals surface area contributed by atoms with Crippen molar-refractivity contribution in [2.45, 2.75) is 32.6 Å². The van der Waals surface area contributed by atoms with E-state index in [2.05, 4.69) is 19.1 Å². The molecule has 0 spiro atoms. The van der Waals surface area contributed by atoms with E-state index in [9.17, 15) is 0 Å². The van der Waals surface area contributed by atoms with Crippen LogP contribution in [0.5, 0.6) is 0 Å². The first-order valence-corrected chi connectivity index (χ1v) is 4.54. The maximum Gasteiger partial charge on any atom is -0.0176 e. The smallest absolute Gasteiger partial charge is 0.0176 e. The van der Waals surface area contributed by atoms with Gasteiger partial charge in [0, 0.05) is 0 Å². The summed E-state index contributed by atoms with van der Waals surface area (Å²) in [6.45, 7) is 2.41. The Balaban J connectivity index is 2.08. The summed E-state index contributed by atoms with van der Waals surface area (Å²) in [6.07, 6.45) is 10.6. The molecule has 56 valence electrons. The normalized spacial score (nSPS) is 45.5. The van der Waals surface area contributed by atoms with E-state index in [-0.39, 0.29) is 0 Å². The SMILES string of the molecule is CC1CCCC2CC=CC12. The molecule has 0 N–H and O–H groups in total. The monoisotopic (exact) mass is 136 g/mol. The standard InChI is InChI=1S/C10H16/c1-8-4-2-5-9-6-3-7-10(8)9/h3,7-10H,2,4-6H2,1H3. The molecule has 2 aliphatic carbocycles. The van der Waals surface area contributed by atoms with Gasteiger partial charge in [0.15, 0.2) is 0 Å². The third-order valence-electron chi connectivity index (χ3n) is 3.23. The highest BCUT2D eigenvalue weighted by Gasteiger charge is 2.30. The molecule has 0 amide bonds. The molecule has 0 radical (unpaired) electrons. The van der Waals surface area contributed by atoms with Crippen molar-refractivity contribution < 1.29 is 0 Å². The highest BCUT2D eigenvalue weighted by Crippen LogP contribution is 2.40. The summed E-state index contributed by atoms with van der Waals surface area (Å²) in [6, 6.07) is 0. The van der Waals surface area contributed by atoms with Gasteiger partial charge in [-0.15, -0.1) is 0 Å². The van der Waals surface area contributed by atoms with Crippen molar-refractivity contribution in [1.29, 1.82) is 0 Å². The van der Waals surface area contributed by atoms with E-state index >= 15 is 0 Å². The molecule has 0 nitrogen and oxygen atoms in total. The molecule has 3 atom stereocenters. The zero-order chi connectivity index (χ0) is 6.97. The molecule has 0 heterocycles. The fourth-order valence-corrected chi connectivity index (χ4v) is 2.58. The minimum Gasteiger partial charge on any atom is -0.0879 e. The molecule has 0 saturated heterocycles. The van der Waals surface area contributed by atoms with E-state index in [1.54, 1.807) is 0 Å². The molecule has 0 aromatic rings. The van der Waals surface area contributed by atoms with Gasteiger partial charge < -0.3 is 0 Å². The van der Waals surface area contributed by atoms with Gasteiger partial charge in [-0.3, -0.25) is 0 Å². The average molecular weight is 136 g/mol. The number of hydrogen-bond acceptors (Lipinski definition) is 0. The van der Waals surface area contributed by atoms with Gasteiger partial charge in [-0.05, 0) is 30.6 Å². The Morgan fingerprint density at radius 2 is 2.20 bits per heavy atom. The lowest BCUT2D eigenvalue weighted by Gasteiger charge is -2.30. The van der Waals surface area contributed by atoms with Gasteiger partial charge in [-0.25, -0.2) is 0 Å². The quantitative estimate of drug-likeness (QED) is 0.449. The predicted molar refractivity (Wildman–Crippen MR) is 43.8 cm³/mol. The van der Waals surface area contributed by atoms with Crippen LogP contribution >= 0.6 is 0 Å². The van der Waals surface area contributed by atoms with Crippen molar-refractivity contribution in [2.75, 3.05) is 0 Å². The Hall–Kier alpha value is -0.260.